The van der Waals surface area contributed by atoms with Gasteiger partial charge in [-0.2, -0.15) is 0 Å². The normalized spacial score (nSPS) is 10.7. The minimum Gasteiger partial charge on any atom is -0.411 e. The van der Waals surface area contributed by atoms with Crippen LogP contribution in [0.2, 0.25) is 10.0 Å². The van der Waals surface area contributed by atoms with E-state index in [9.17, 15) is 4.79 Å². The van der Waals surface area contributed by atoms with Crippen molar-refractivity contribution in [3.63, 3.8) is 0 Å². The van der Waals surface area contributed by atoms with Gasteiger partial charge in [0, 0.05) is 21.3 Å². The van der Waals surface area contributed by atoms with Crippen LogP contribution in [0.15, 0.2) is 52.1 Å². The molecule has 0 saturated heterocycles. The summed E-state index contributed by atoms with van der Waals surface area (Å²) < 4.78 is 5.57. The van der Waals surface area contributed by atoms with Crippen LogP contribution in [-0.2, 0) is 4.79 Å². The fourth-order valence-corrected chi connectivity index (χ4v) is 3.12. The quantitative estimate of drug-likeness (QED) is 0.611. The first-order chi connectivity index (χ1) is 12.0. The molecule has 1 amide bonds. The number of nitrogens with zero attached hydrogens (tertiary/aromatic N) is 2. The van der Waals surface area contributed by atoms with Crippen molar-refractivity contribution in [3.05, 3.63) is 58.1 Å². The van der Waals surface area contributed by atoms with Gasteiger partial charge < -0.3 is 9.73 Å². The fourth-order valence-electron chi connectivity index (χ4n) is 2.03. The van der Waals surface area contributed by atoms with Crippen molar-refractivity contribution < 1.29 is 9.21 Å². The average molecular weight is 394 g/mol. The molecule has 3 rings (SSSR count). The first-order valence-electron chi connectivity index (χ1n) is 7.29. The lowest BCUT2D eigenvalue weighted by Crippen LogP contribution is -2.13. The largest absolute Gasteiger partial charge is 0.411 e. The monoisotopic (exact) mass is 393 g/mol. The molecule has 0 aliphatic rings. The number of thioether (sulfide) groups is 1. The summed E-state index contributed by atoms with van der Waals surface area (Å²) in [7, 11) is 0. The Balaban J connectivity index is 1.58. The highest BCUT2D eigenvalue weighted by atomic mass is 35.5. The van der Waals surface area contributed by atoms with E-state index in [-0.39, 0.29) is 11.7 Å². The highest BCUT2D eigenvalue weighted by Gasteiger charge is 2.11. The molecular weight excluding hydrogens is 381 g/mol. The number of carbonyl (C=O) groups excluding carboxylic acids is 1. The van der Waals surface area contributed by atoms with Gasteiger partial charge in [-0.15, -0.1) is 10.2 Å². The van der Waals surface area contributed by atoms with Crippen LogP contribution in [0.5, 0.6) is 0 Å². The SMILES string of the molecule is Cc1ccc(-c2nnc(SCC(=O)Nc3cc(Cl)cc(Cl)c3)o2)cc1. The lowest BCUT2D eigenvalue weighted by Gasteiger charge is -2.05. The molecule has 128 valence electrons. The summed E-state index contributed by atoms with van der Waals surface area (Å²) in [6.45, 7) is 2.00. The van der Waals surface area contributed by atoms with E-state index in [1.54, 1.807) is 18.2 Å². The molecule has 0 spiro atoms. The van der Waals surface area contributed by atoms with Crippen LogP contribution in [0.1, 0.15) is 5.56 Å². The van der Waals surface area contributed by atoms with Crippen molar-refractivity contribution >= 4 is 46.6 Å². The van der Waals surface area contributed by atoms with Gasteiger partial charge in [0.2, 0.25) is 11.8 Å². The van der Waals surface area contributed by atoms with Gasteiger partial charge in [-0.3, -0.25) is 4.79 Å². The van der Waals surface area contributed by atoms with Crippen LogP contribution in [0.25, 0.3) is 11.5 Å². The molecule has 0 unspecified atom stereocenters. The first-order valence-corrected chi connectivity index (χ1v) is 9.03. The van der Waals surface area contributed by atoms with Gasteiger partial charge in [0.1, 0.15) is 0 Å². The molecular formula is C17H13Cl2N3O2S. The molecule has 0 aliphatic carbocycles. The van der Waals surface area contributed by atoms with E-state index in [1.807, 2.05) is 31.2 Å². The lowest BCUT2D eigenvalue weighted by molar-refractivity contribution is -0.113. The summed E-state index contributed by atoms with van der Waals surface area (Å²) >= 11 is 13.0. The number of hydrogen-bond acceptors (Lipinski definition) is 5. The van der Waals surface area contributed by atoms with E-state index in [0.29, 0.717) is 26.8 Å². The van der Waals surface area contributed by atoms with Gasteiger partial charge in [0.15, 0.2) is 0 Å². The third-order valence-corrected chi connectivity index (χ3v) is 4.43. The molecule has 0 saturated carbocycles. The standard InChI is InChI=1S/C17H13Cl2N3O2S/c1-10-2-4-11(5-3-10)16-21-22-17(24-16)25-9-15(23)20-14-7-12(18)6-13(19)8-14/h2-8H,9H2,1H3,(H,20,23). The van der Waals surface area contributed by atoms with E-state index in [4.69, 9.17) is 27.6 Å². The Bertz CT molecular complexity index is 877. The number of aryl methyl sites for hydroxylation is 1. The summed E-state index contributed by atoms with van der Waals surface area (Å²) in [5.74, 6) is 0.322. The summed E-state index contributed by atoms with van der Waals surface area (Å²) in [5.41, 5.74) is 2.52. The molecule has 0 radical (unpaired) electrons. The number of nitrogens with one attached hydrogen (secondary N) is 1. The van der Waals surface area contributed by atoms with Crippen molar-refractivity contribution in [1.82, 2.24) is 10.2 Å². The molecule has 1 heterocycles. The highest BCUT2D eigenvalue weighted by molar-refractivity contribution is 7.99. The van der Waals surface area contributed by atoms with Crippen molar-refractivity contribution in [2.75, 3.05) is 11.1 Å². The average Bonchev–Trinajstić information content (AvgIpc) is 3.01. The Labute approximate surface area is 158 Å². The molecule has 2 aromatic carbocycles. The molecule has 3 aromatic rings. The second-order valence-corrected chi connectivity index (χ2v) is 7.03. The number of rotatable bonds is 5. The number of carbonyl (C=O) groups is 1. The van der Waals surface area contributed by atoms with Gasteiger partial charge in [-0.1, -0.05) is 52.7 Å². The number of anilines is 1. The third-order valence-electron chi connectivity index (χ3n) is 3.18. The predicted octanol–water partition coefficient (Wildman–Crippen LogP) is 5.08. The third kappa shape index (κ3) is 4.98. The number of hydrogen-bond donors (Lipinski definition) is 1. The maximum atomic E-state index is 12.0. The van der Waals surface area contributed by atoms with Crippen LogP contribution >= 0.6 is 35.0 Å². The van der Waals surface area contributed by atoms with Crippen molar-refractivity contribution in [3.8, 4) is 11.5 Å². The molecule has 0 aliphatic heterocycles. The number of benzene rings is 2. The Kier molecular flexibility index (Phi) is 5.63. The van der Waals surface area contributed by atoms with Gasteiger partial charge in [0.05, 0.1) is 5.75 Å². The van der Waals surface area contributed by atoms with Crippen molar-refractivity contribution in [2.45, 2.75) is 12.1 Å². The molecule has 25 heavy (non-hydrogen) atoms. The highest BCUT2D eigenvalue weighted by Crippen LogP contribution is 2.25. The zero-order valence-electron chi connectivity index (χ0n) is 13.1. The zero-order chi connectivity index (χ0) is 17.8. The number of aromatic nitrogens is 2. The first kappa shape index (κ1) is 17.8. The maximum Gasteiger partial charge on any atom is 0.277 e. The van der Waals surface area contributed by atoms with Crippen LogP contribution < -0.4 is 5.32 Å². The van der Waals surface area contributed by atoms with Gasteiger partial charge in [0.25, 0.3) is 5.22 Å². The minimum absolute atomic E-state index is 0.125. The Morgan fingerprint density at radius 2 is 1.80 bits per heavy atom. The summed E-state index contributed by atoms with van der Waals surface area (Å²) in [4.78, 5) is 12.0. The Morgan fingerprint density at radius 1 is 1.12 bits per heavy atom. The van der Waals surface area contributed by atoms with E-state index < -0.39 is 0 Å². The maximum absolute atomic E-state index is 12.0. The topological polar surface area (TPSA) is 68.0 Å². The Hall–Kier alpha value is -2.02. The molecule has 5 nitrogen and oxygen atoms in total. The van der Waals surface area contributed by atoms with Crippen molar-refractivity contribution in [1.29, 1.82) is 0 Å². The second kappa shape index (κ2) is 7.91. The fraction of sp³-hybridized carbons (Fsp3) is 0.118. The van der Waals surface area contributed by atoms with Gasteiger partial charge in [-0.05, 0) is 37.3 Å². The van der Waals surface area contributed by atoms with Crippen LogP contribution in [0, 0.1) is 6.92 Å². The van der Waals surface area contributed by atoms with E-state index >= 15 is 0 Å². The summed E-state index contributed by atoms with van der Waals surface area (Å²) in [5, 5.41) is 11.9. The van der Waals surface area contributed by atoms with Crippen LogP contribution in [-0.4, -0.2) is 21.9 Å². The van der Waals surface area contributed by atoms with Gasteiger partial charge in [-0.25, -0.2) is 0 Å². The second-order valence-electron chi connectivity index (χ2n) is 5.23. The summed E-state index contributed by atoms with van der Waals surface area (Å²) in [6, 6.07) is 12.6. The molecule has 1 aromatic heterocycles. The molecule has 0 atom stereocenters. The van der Waals surface area contributed by atoms with Crippen LogP contribution in [0.3, 0.4) is 0 Å². The number of amides is 1. The zero-order valence-corrected chi connectivity index (χ0v) is 15.5. The molecule has 0 bridgehead atoms. The van der Waals surface area contributed by atoms with Crippen molar-refractivity contribution in [2.24, 2.45) is 0 Å². The summed E-state index contributed by atoms with van der Waals surface area (Å²) in [6.07, 6.45) is 0. The lowest BCUT2D eigenvalue weighted by atomic mass is 10.1. The smallest absolute Gasteiger partial charge is 0.277 e. The molecule has 1 N–H and O–H groups in total. The Morgan fingerprint density at radius 3 is 2.48 bits per heavy atom. The molecule has 0 fully saturated rings. The van der Waals surface area contributed by atoms with E-state index in [0.717, 1.165) is 22.9 Å². The van der Waals surface area contributed by atoms with E-state index in [1.165, 1.54) is 0 Å². The number of halogens is 2. The predicted molar refractivity (Wildman–Crippen MR) is 100 cm³/mol. The van der Waals surface area contributed by atoms with Crippen LogP contribution in [0.4, 0.5) is 5.69 Å². The minimum atomic E-state index is -0.224. The molecule has 8 heteroatoms. The van der Waals surface area contributed by atoms with Gasteiger partial charge >= 0.3 is 0 Å². The van der Waals surface area contributed by atoms with E-state index in [2.05, 4.69) is 15.5 Å².